The molecule has 1 aromatic carbocycles. The van der Waals surface area contributed by atoms with Crippen LogP contribution in [0.15, 0.2) is 27.7 Å². The van der Waals surface area contributed by atoms with Crippen LogP contribution >= 0.6 is 0 Å². The Morgan fingerprint density at radius 2 is 2.29 bits per heavy atom. The lowest BCUT2D eigenvalue weighted by Crippen LogP contribution is -2.31. The fourth-order valence-corrected chi connectivity index (χ4v) is 3.98. The third-order valence-electron chi connectivity index (χ3n) is 3.98. The van der Waals surface area contributed by atoms with Crippen molar-refractivity contribution in [1.29, 1.82) is 0 Å². The van der Waals surface area contributed by atoms with Crippen LogP contribution < -0.4 is 4.72 Å². The van der Waals surface area contributed by atoms with E-state index in [0.29, 0.717) is 18.1 Å². The highest BCUT2D eigenvalue weighted by atomic mass is 32.2. The van der Waals surface area contributed by atoms with E-state index in [1.54, 1.807) is 12.1 Å². The number of hydrogen-bond acceptors (Lipinski definition) is 6. The Morgan fingerprint density at radius 1 is 1.43 bits per heavy atom. The summed E-state index contributed by atoms with van der Waals surface area (Å²) >= 11 is 0. The summed E-state index contributed by atoms with van der Waals surface area (Å²) in [4.78, 5) is 2.39. The number of benzene rings is 1. The molecule has 21 heavy (non-hydrogen) atoms. The molecule has 0 aliphatic carbocycles. The van der Waals surface area contributed by atoms with Crippen molar-refractivity contribution >= 4 is 21.1 Å². The van der Waals surface area contributed by atoms with Crippen molar-refractivity contribution < 1.29 is 13.0 Å². The molecule has 8 heteroatoms. The first-order valence-electron chi connectivity index (χ1n) is 6.99. The number of sulfonamides is 1. The van der Waals surface area contributed by atoms with Crippen molar-refractivity contribution in [2.45, 2.75) is 30.2 Å². The molecule has 1 aromatic heterocycles. The predicted molar refractivity (Wildman–Crippen MR) is 77.3 cm³/mol. The van der Waals surface area contributed by atoms with Crippen molar-refractivity contribution in [1.82, 2.24) is 19.9 Å². The van der Waals surface area contributed by atoms with Gasteiger partial charge in [-0.25, -0.2) is 17.8 Å². The van der Waals surface area contributed by atoms with Gasteiger partial charge in [0.2, 0.25) is 10.0 Å². The van der Waals surface area contributed by atoms with Crippen molar-refractivity contribution in [2.75, 3.05) is 20.1 Å². The zero-order chi connectivity index (χ0) is 14.9. The van der Waals surface area contributed by atoms with Crippen LogP contribution in [-0.2, 0) is 10.0 Å². The van der Waals surface area contributed by atoms with Gasteiger partial charge in [-0.2, -0.15) is 0 Å². The SMILES string of the molecule is CN1CCCC1CCNS(=O)(=O)c1cccc2nonc12. The molecule has 114 valence electrons. The second-order valence-corrected chi connectivity index (χ2v) is 7.09. The molecule has 3 rings (SSSR count). The Balaban J connectivity index is 1.70. The molecule has 2 heterocycles. The maximum atomic E-state index is 12.4. The zero-order valence-electron chi connectivity index (χ0n) is 11.8. The van der Waals surface area contributed by atoms with E-state index in [4.69, 9.17) is 0 Å². The lowest BCUT2D eigenvalue weighted by Gasteiger charge is -2.19. The highest BCUT2D eigenvalue weighted by molar-refractivity contribution is 7.89. The molecule has 1 saturated heterocycles. The lowest BCUT2D eigenvalue weighted by molar-refractivity contribution is 0.297. The first-order valence-corrected chi connectivity index (χ1v) is 8.47. The molecule has 1 fully saturated rings. The summed E-state index contributed by atoms with van der Waals surface area (Å²) in [6.45, 7) is 1.50. The van der Waals surface area contributed by atoms with Crippen LogP contribution in [0.5, 0.6) is 0 Å². The Labute approximate surface area is 123 Å². The van der Waals surface area contributed by atoms with E-state index < -0.39 is 10.0 Å². The molecule has 1 unspecified atom stereocenters. The third-order valence-corrected chi connectivity index (χ3v) is 5.47. The molecular formula is C13H18N4O3S. The minimum Gasteiger partial charge on any atom is -0.303 e. The van der Waals surface area contributed by atoms with Gasteiger partial charge in [0.15, 0.2) is 5.52 Å². The zero-order valence-corrected chi connectivity index (χ0v) is 12.6. The fraction of sp³-hybridized carbons (Fsp3) is 0.538. The summed E-state index contributed by atoms with van der Waals surface area (Å²) in [6, 6.07) is 5.26. The Bertz CT molecular complexity index is 728. The van der Waals surface area contributed by atoms with Crippen LogP contribution in [-0.4, -0.2) is 49.8 Å². The van der Waals surface area contributed by atoms with Crippen molar-refractivity contribution in [3.8, 4) is 0 Å². The van der Waals surface area contributed by atoms with E-state index in [0.717, 1.165) is 19.4 Å². The van der Waals surface area contributed by atoms with E-state index in [-0.39, 0.29) is 10.4 Å². The van der Waals surface area contributed by atoms with Gasteiger partial charge in [0.1, 0.15) is 10.4 Å². The second-order valence-electron chi connectivity index (χ2n) is 5.35. The summed E-state index contributed by atoms with van der Waals surface area (Å²) in [5.41, 5.74) is 0.705. The number of nitrogens with one attached hydrogen (secondary N) is 1. The van der Waals surface area contributed by atoms with Gasteiger partial charge < -0.3 is 4.90 Å². The van der Waals surface area contributed by atoms with Crippen LogP contribution in [0.25, 0.3) is 11.0 Å². The van der Waals surface area contributed by atoms with E-state index in [1.807, 2.05) is 0 Å². The van der Waals surface area contributed by atoms with Crippen LogP contribution in [0.2, 0.25) is 0 Å². The summed E-state index contributed by atoms with van der Waals surface area (Å²) in [6.07, 6.45) is 3.11. The topological polar surface area (TPSA) is 88.3 Å². The number of hydrogen-bond donors (Lipinski definition) is 1. The first kappa shape index (κ1) is 14.4. The predicted octanol–water partition coefficient (Wildman–Crippen LogP) is 0.985. The molecule has 2 aromatic rings. The molecule has 1 aliphatic rings. The van der Waals surface area contributed by atoms with Crippen LogP contribution in [0, 0.1) is 0 Å². The monoisotopic (exact) mass is 310 g/mol. The molecule has 0 radical (unpaired) electrons. The van der Waals surface area contributed by atoms with Gasteiger partial charge >= 0.3 is 0 Å². The summed E-state index contributed by atoms with van der Waals surface area (Å²) in [7, 11) is -1.52. The normalized spacial score (nSPS) is 20.3. The lowest BCUT2D eigenvalue weighted by atomic mass is 10.1. The summed E-state index contributed by atoms with van der Waals surface area (Å²) in [5, 5.41) is 7.33. The Kier molecular flexibility index (Phi) is 3.92. The van der Waals surface area contributed by atoms with E-state index in [9.17, 15) is 8.42 Å². The van der Waals surface area contributed by atoms with Gasteiger partial charge in [0, 0.05) is 12.6 Å². The quantitative estimate of drug-likeness (QED) is 0.886. The molecule has 1 N–H and O–H groups in total. The molecule has 0 spiro atoms. The van der Waals surface area contributed by atoms with Gasteiger partial charge in [0.25, 0.3) is 0 Å². The second kappa shape index (κ2) is 5.70. The number of aromatic nitrogens is 2. The number of fused-ring (bicyclic) bond motifs is 1. The standard InChI is InChI=1S/C13H18N4O3S/c1-17-9-3-4-10(17)7-8-14-21(18,19)12-6-2-5-11-13(12)16-20-15-11/h2,5-6,10,14H,3-4,7-9H2,1H3. The third kappa shape index (κ3) is 2.92. The van der Waals surface area contributed by atoms with Gasteiger partial charge in [-0.15, -0.1) is 0 Å². The van der Waals surface area contributed by atoms with Crippen molar-refractivity contribution in [3.05, 3.63) is 18.2 Å². The average molecular weight is 310 g/mol. The Morgan fingerprint density at radius 3 is 3.05 bits per heavy atom. The van der Waals surface area contributed by atoms with Gasteiger partial charge in [-0.3, -0.25) is 0 Å². The molecule has 7 nitrogen and oxygen atoms in total. The fourth-order valence-electron chi connectivity index (χ4n) is 2.78. The van der Waals surface area contributed by atoms with Crippen molar-refractivity contribution in [3.63, 3.8) is 0 Å². The molecule has 1 atom stereocenters. The molecule has 0 amide bonds. The number of likely N-dealkylation sites (tertiary alicyclic amines) is 1. The highest BCUT2D eigenvalue weighted by Gasteiger charge is 2.23. The van der Waals surface area contributed by atoms with E-state index >= 15 is 0 Å². The van der Waals surface area contributed by atoms with E-state index in [2.05, 4.69) is 31.6 Å². The molecule has 0 bridgehead atoms. The number of nitrogens with zero attached hydrogens (tertiary/aromatic N) is 3. The maximum Gasteiger partial charge on any atom is 0.242 e. The minimum absolute atomic E-state index is 0.112. The molecular weight excluding hydrogens is 292 g/mol. The Hall–Kier alpha value is -1.51. The average Bonchev–Trinajstić information content (AvgIpc) is 3.07. The van der Waals surface area contributed by atoms with Gasteiger partial charge in [-0.05, 0) is 55.3 Å². The van der Waals surface area contributed by atoms with Crippen LogP contribution in [0.1, 0.15) is 19.3 Å². The maximum absolute atomic E-state index is 12.4. The molecule has 0 saturated carbocycles. The molecule has 1 aliphatic heterocycles. The van der Waals surface area contributed by atoms with Gasteiger partial charge in [0.05, 0.1) is 0 Å². The largest absolute Gasteiger partial charge is 0.303 e. The number of rotatable bonds is 5. The van der Waals surface area contributed by atoms with Gasteiger partial charge in [-0.1, -0.05) is 6.07 Å². The van der Waals surface area contributed by atoms with E-state index in [1.165, 1.54) is 12.5 Å². The first-order chi connectivity index (χ1) is 10.1. The van der Waals surface area contributed by atoms with Crippen LogP contribution in [0.4, 0.5) is 0 Å². The summed E-state index contributed by atoms with van der Waals surface area (Å²) < 4.78 is 32.0. The van der Waals surface area contributed by atoms with Crippen molar-refractivity contribution in [2.24, 2.45) is 0 Å². The highest BCUT2D eigenvalue weighted by Crippen LogP contribution is 2.20. The minimum atomic E-state index is -3.60. The summed E-state index contributed by atoms with van der Waals surface area (Å²) in [5.74, 6) is 0. The smallest absolute Gasteiger partial charge is 0.242 e. The van der Waals surface area contributed by atoms with Crippen LogP contribution in [0.3, 0.4) is 0 Å².